The zero-order chi connectivity index (χ0) is 28.4. The first-order valence-electron chi connectivity index (χ1n) is 12.1. The highest BCUT2D eigenvalue weighted by Crippen LogP contribution is 2.33. The van der Waals surface area contributed by atoms with Gasteiger partial charge in [0.1, 0.15) is 18.1 Å². The number of benzene rings is 3. The fraction of sp³-hybridized carbons (Fsp3) is 0.258. The molecule has 3 aromatic carbocycles. The predicted molar refractivity (Wildman–Crippen MR) is 145 cm³/mol. The lowest BCUT2D eigenvalue weighted by Gasteiger charge is -2.14. The molecule has 3 aromatic rings. The van der Waals surface area contributed by atoms with Gasteiger partial charge in [0.2, 0.25) is 0 Å². The van der Waals surface area contributed by atoms with Gasteiger partial charge in [-0.2, -0.15) is 13.2 Å². The van der Waals surface area contributed by atoms with Crippen LogP contribution in [-0.2, 0) is 15.7 Å². The Hall–Kier alpha value is -4.22. The van der Waals surface area contributed by atoms with Crippen molar-refractivity contribution in [1.29, 1.82) is 0 Å². The van der Waals surface area contributed by atoms with Crippen LogP contribution in [0.15, 0.2) is 72.8 Å². The lowest BCUT2D eigenvalue weighted by Crippen LogP contribution is -2.13. The maximum Gasteiger partial charge on any atom is 0.416 e. The number of ether oxygens (including phenoxy) is 3. The van der Waals surface area contributed by atoms with Crippen LogP contribution >= 0.6 is 0 Å². The normalized spacial score (nSPS) is 11.5. The van der Waals surface area contributed by atoms with E-state index in [-0.39, 0.29) is 13.2 Å². The van der Waals surface area contributed by atoms with E-state index < -0.39 is 17.7 Å². The van der Waals surface area contributed by atoms with Crippen LogP contribution in [0.2, 0.25) is 0 Å². The van der Waals surface area contributed by atoms with Crippen molar-refractivity contribution in [3.05, 3.63) is 101 Å². The smallest absolute Gasteiger partial charge is 0.416 e. The van der Waals surface area contributed by atoms with Crippen molar-refractivity contribution in [3.8, 4) is 23.3 Å². The van der Waals surface area contributed by atoms with E-state index in [0.717, 1.165) is 28.8 Å². The number of hydrogen-bond donors (Lipinski definition) is 0. The molecular weight excluding hydrogens is 507 g/mol. The first-order valence-corrected chi connectivity index (χ1v) is 12.1. The third-order valence-electron chi connectivity index (χ3n) is 5.58. The molecule has 0 atom stereocenters. The first kappa shape index (κ1) is 29.3. The van der Waals surface area contributed by atoms with E-state index in [9.17, 15) is 18.0 Å². The predicted octanol–water partition coefficient (Wildman–Crippen LogP) is 5.99. The molecule has 0 saturated heterocycles. The van der Waals surface area contributed by atoms with Gasteiger partial charge >= 0.3 is 12.1 Å². The molecule has 0 unspecified atom stereocenters. The van der Waals surface area contributed by atoms with Gasteiger partial charge in [0, 0.05) is 5.56 Å². The molecule has 0 aliphatic carbocycles. The van der Waals surface area contributed by atoms with Gasteiger partial charge in [-0.3, -0.25) is 4.90 Å². The summed E-state index contributed by atoms with van der Waals surface area (Å²) in [6, 6.07) is 17.7. The SMILES string of the molecule is COC(=O)COc1ccc(OCC=C(c2ccc(C#CCN(C)C)cc2)c2cccc(C(F)(F)F)c2)cc1C. The van der Waals surface area contributed by atoms with Crippen LogP contribution in [0.3, 0.4) is 0 Å². The molecule has 0 aromatic heterocycles. The Balaban J connectivity index is 1.85. The van der Waals surface area contributed by atoms with E-state index in [4.69, 9.17) is 9.47 Å². The summed E-state index contributed by atoms with van der Waals surface area (Å²) in [6.07, 6.45) is -2.71. The quantitative estimate of drug-likeness (QED) is 0.248. The molecule has 0 bridgehead atoms. The van der Waals surface area contributed by atoms with Crippen molar-refractivity contribution in [3.63, 3.8) is 0 Å². The molecule has 204 valence electrons. The van der Waals surface area contributed by atoms with Gasteiger partial charge in [-0.1, -0.05) is 36.1 Å². The third-order valence-corrected chi connectivity index (χ3v) is 5.58. The number of methoxy groups -OCH3 is 1. The summed E-state index contributed by atoms with van der Waals surface area (Å²) in [7, 11) is 5.15. The standard InChI is InChI=1S/C31H30F3NO4/c1-22-19-27(14-15-29(22)39-21-30(36)37-4)38-18-16-28(25-8-5-9-26(20-25)31(32,33)34)24-12-10-23(11-13-24)7-6-17-35(2)3/h5,8-16,19-20H,17-18,21H2,1-4H3. The second kappa shape index (κ2) is 13.5. The van der Waals surface area contributed by atoms with E-state index >= 15 is 0 Å². The zero-order valence-electron chi connectivity index (χ0n) is 22.3. The molecule has 3 rings (SSSR count). The van der Waals surface area contributed by atoms with Crippen molar-refractivity contribution in [2.45, 2.75) is 13.1 Å². The van der Waals surface area contributed by atoms with E-state index in [1.165, 1.54) is 13.2 Å². The fourth-order valence-corrected chi connectivity index (χ4v) is 3.59. The molecule has 0 amide bonds. The zero-order valence-corrected chi connectivity index (χ0v) is 22.3. The lowest BCUT2D eigenvalue weighted by molar-refractivity contribution is -0.143. The van der Waals surface area contributed by atoms with E-state index in [1.807, 2.05) is 50.2 Å². The molecular formula is C31H30F3NO4. The Labute approximate surface area is 226 Å². The van der Waals surface area contributed by atoms with Crippen LogP contribution in [0.5, 0.6) is 11.5 Å². The maximum absolute atomic E-state index is 13.4. The average molecular weight is 538 g/mol. The second-order valence-electron chi connectivity index (χ2n) is 8.92. The van der Waals surface area contributed by atoms with Crippen molar-refractivity contribution in [2.75, 3.05) is 41.0 Å². The van der Waals surface area contributed by atoms with Crippen molar-refractivity contribution in [2.24, 2.45) is 0 Å². The van der Waals surface area contributed by atoms with Crippen LogP contribution < -0.4 is 9.47 Å². The third kappa shape index (κ3) is 8.94. The number of alkyl halides is 3. The highest BCUT2D eigenvalue weighted by atomic mass is 19.4. The lowest BCUT2D eigenvalue weighted by atomic mass is 9.95. The summed E-state index contributed by atoms with van der Waals surface area (Å²) in [5.41, 5.74) is 2.59. The number of carbonyl (C=O) groups excluding carboxylic acids is 1. The van der Waals surface area contributed by atoms with Gasteiger partial charge in [-0.05, 0) is 91.8 Å². The van der Waals surface area contributed by atoms with Crippen LogP contribution in [-0.4, -0.2) is 51.8 Å². The maximum atomic E-state index is 13.4. The summed E-state index contributed by atoms with van der Waals surface area (Å²) in [5, 5.41) is 0. The molecule has 0 N–H and O–H groups in total. The van der Waals surface area contributed by atoms with Crippen molar-refractivity contribution in [1.82, 2.24) is 4.90 Å². The molecule has 0 aliphatic heterocycles. The minimum atomic E-state index is -4.46. The molecule has 0 aliphatic rings. The first-order chi connectivity index (χ1) is 18.6. The molecule has 8 heteroatoms. The van der Waals surface area contributed by atoms with E-state index in [0.29, 0.717) is 29.2 Å². The molecule has 0 fully saturated rings. The summed E-state index contributed by atoms with van der Waals surface area (Å²) >= 11 is 0. The number of esters is 1. The second-order valence-corrected chi connectivity index (χ2v) is 8.92. The molecule has 0 heterocycles. The van der Waals surface area contributed by atoms with Gasteiger partial charge in [0.15, 0.2) is 6.61 Å². The van der Waals surface area contributed by atoms with Gasteiger partial charge in [-0.15, -0.1) is 0 Å². The Morgan fingerprint density at radius 2 is 1.72 bits per heavy atom. The highest BCUT2D eigenvalue weighted by Gasteiger charge is 2.30. The van der Waals surface area contributed by atoms with Gasteiger partial charge in [-0.25, -0.2) is 4.79 Å². The van der Waals surface area contributed by atoms with Crippen molar-refractivity contribution >= 4 is 11.5 Å². The summed E-state index contributed by atoms with van der Waals surface area (Å²) in [5.74, 6) is 6.72. The fourth-order valence-electron chi connectivity index (χ4n) is 3.59. The minimum absolute atomic E-state index is 0.109. The number of carbonyl (C=O) groups is 1. The van der Waals surface area contributed by atoms with Crippen LogP contribution in [0, 0.1) is 18.8 Å². The van der Waals surface area contributed by atoms with Crippen LogP contribution in [0.4, 0.5) is 13.2 Å². The highest BCUT2D eigenvalue weighted by molar-refractivity contribution is 5.80. The number of aryl methyl sites for hydroxylation is 1. The number of nitrogens with zero attached hydrogens (tertiary/aromatic N) is 1. The monoisotopic (exact) mass is 537 g/mol. The largest absolute Gasteiger partial charge is 0.489 e. The molecule has 0 spiro atoms. The Morgan fingerprint density at radius 1 is 0.974 bits per heavy atom. The number of rotatable bonds is 9. The van der Waals surface area contributed by atoms with Crippen LogP contribution in [0.1, 0.15) is 27.8 Å². The molecule has 0 saturated carbocycles. The molecule has 5 nitrogen and oxygen atoms in total. The van der Waals surface area contributed by atoms with Gasteiger partial charge < -0.3 is 14.2 Å². The summed E-state index contributed by atoms with van der Waals surface area (Å²) in [4.78, 5) is 13.3. The van der Waals surface area contributed by atoms with Gasteiger partial charge in [0.25, 0.3) is 0 Å². The van der Waals surface area contributed by atoms with Crippen molar-refractivity contribution < 1.29 is 32.2 Å². The average Bonchev–Trinajstić information content (AvgIpc) is 2.90. The molecule has 39 heavy (non-hydrogen) atoms. The Morgan fingerprint density at radius 3 is 2.36 bits per heavy atom. The summed E-state index contributed by atoms with van der Waals surface area (Å²) in [6.45, 7) is 2.33. The van der Waals surface area contributed by atoms with E-state index in [1.54, 1.807) is 30.3 Å². The topological polar surface area (TPSA) is 48.0 Å². The molecule has 0 radical (unpaired) electrons. The van der Waals surface area contributed by atoms with Gasteiger partial charge in [0.05, 0.1) is 19.2 Å². The number of hydrogen-bond acceptors (Lipinski definition) is 5. The Bertz CT molecular complexity index is 1370. The van der Waals surface area contributed by atoms with E-state index in [2.05, 4.69) is 16.6 Å². The summed E-state index contributed by atoms with van der Waals surface area (Å²) < 4.78 is 56.2. The number of halogens is 3. The van der Waals surface area contributed by atoms with Crippen LogP contribution in [0.25, 0.3) is 5.57 Å². The minimum Gasteiger partial charge on any atom is -0.489 e. The Kier molecular flexibility index (Phi) is 10.2.